The van der Waals surface area contributed by atoms with Gasteiger partial charge in [0.25, 0.3) is 0 Å². The number of ether oxygens (including phenoxy) is 5. The zero-order chi connectivity index (χ0) is 47.5. The molecule has 0 radical (unpaired) electrons. The molecule has 1 fully saturated rings. The highest BCUT2D eigenvalue weighted by molar-refractivity contribution is 8.77. The highest BCUT2D eigenvalue weighted by Gasteiger charge is 2.48. The molecule has 3 aromatic rings. The second kappa shape index (κ2) is 23.1. The summed E-state index contributed by atoms with van der Waals surface area (Å²) in [5.74, 6) is -2.37. The topological polar surface area (TPSA) is 175 Å². The summed E-state index contributed by atoms with van der Waals surface area (Å²) < 4.78 is 28.8. The Kier molecular flexibility index (Phi) is 18.2. The van der Waals surface area contributed by atoms with Crippen LogP contribution >= 0.6 is 33.2 Å². The summed E-state index contributed by atoms with van der Waals surface area (Å²) in [6, 6.07) is 17.4. The number of nitrogens with zero attached hydrogens (tertiary/aromatic N) is 2. The smallest absolute Gasteiger partial charge is 0.409 e. The van der Waals surface area contributed by atoms with E-state index in [1.54, 1.807) is 77.9 Å². The maximum Gasteiger partial charge on any atom is 0.409 e. The lowest BCUT2D eigenvalue weighted by molar-refractivity contribution is -0.179. The molecule has 0 unspecified atom stereocenters. The number of rotatable bonds is 15. The molecule has 6 atom stereocenters. The predicted octanol–water partition coefficient (Wildman–Crippen LogP) is 8.31. The maximum absolute atomic E-state index is 13.9. The first kappa shape index (κ1) is 51.2. The molecule has 0 spiro atoms. The van der Waals surface area contributed by atoms with Gasteiger partial charge >= 0.3 is 18.0 Å². The van der Waals surface area contributed by atoms with Gasteiger partial charge in [-0.1, -0.05) is 85.6 Å². The summed E-state index contributed by atoms with van der Waals surface area (Å²) in [5, 5.41) is 6.81. The van der Waals surface area contributed by atoms with Crippen molar-refractivity contribution in [1.29, 1.82) is 0 Å². The van der Waals surface area contributed by atoms with E-state index < -0.39 is 53.5 Å². The van der Waals surface area contributed by atoms with E-state index in [-0.39, 0.29) is 61.2 Å². The minimum Gasteiger partial charge on any atom is -0.495 e. The number of hydrogen-bond donors (Lipinski definition) is 2. The Bertz CT molecular complexity index is 2160. The van der Waals surface area contributed by atoms with Crippen LogP contribution in [-0.4, -0.2) is 96.1 Å². The summed E-state index contributed by atoms with van der Waals surface area (Å²) in [6.45, 7) is 13.5. The number of esters is 2. The van der Waals surface area contributed by atoms with Gasteiger partial charge in [-0.25, -0.2) is 14.6 Å². The summed E-state index contributed by atoms with van der Waals surface area (Å²) >= 11 is 6.37. The number of aromatic nitrogens is 1. The van der Waals surface area contributed by atoms with E-state index >= 15 is 0 Å². The Hall–Kier alpha value is -4.77. The van der Waals surface area contributed by atoms with E-state index in [0.717, 1.165) is 16.2 Å². The largest absolute Gasteiger partial charge is 0.495 e. The average molecular weight is 954 g/mol. The minimum absolute atomic E-state index is 0.0254. The van der Waals surface area contributed by atoms with Crippen molar-refractivity contribution in [3.05, 3.63) is 101 Å². The van der Waals surface area contributed by atoms with Crippen molar-refractivity contribution >= 4 is 63.0 Å². The molecular formula is C48H61ClN4O10S2. The number of epoxide rings is 1. The Morgan fingerprint density at radius 2 is 1.75 bits per heavy atom. The first-order chi connectivity index (χ1) is 30.7. The highest BCUT2D eigenvalue weighted by atomic mass is 35.5. The monoisotopic (exact) mass is 952 g/mol. The minimum atomic E-state index is -1.24. The first-order valence-electron chi connectivity index (χ1n) is 21.6. The number of cyclic esters (lactones) is 2. The van der Waals surface area contributed by atoms with Crippen LogP contribution in [0.4, 0.5) is 4.79 Å². The molecule has 17 heteroatoms. The molecular weight excluding hydrogens is 892 g/mol. The molecule has 3 amide bonds. The predicted molar refractivity (Wildman–Crippen MR) is 251 cm³/mol. The third kappa shape index (κ3) is 15.4. The van der Waals surface area contributed by atoms with Gasteiger partial charge < -0.3 is 39.2 Å². The van der Waals surface area contributed by atoms with Gasteiger partial charge in [-0.05, 0) is 97.9 Å². The zero-order valence-electron chi connectivity index (χ0n) is 38.5. The number of amides is 3. The molecule has 2 aromatic carbocycles. The number of carbonyl (C=O) groups is 5. The molecule has 3 heterocycles. The van der Waals surface area contributed by atoms with Crippen LogP contribution in [0.25, 0.3) is 0 Å². The van der Waals surface area contributed by atoms with Crippen LogP contribution in [-0.2, 0) is 51.2 Å². The number of hydrogen-bond acceptors (Lipinski definition) is 13. The summed E-state index contributed by atoms with van der Waals surface area (Å²) in [4.78, 5) is 73.3. The number of benzene rings is 2. The lowest BCUT2D eigenvalue weighted by Crippen LogP contribution is -2.51. The van der Waals surface area contributed by atoms with Crippen LogP contribution in [0.5, 0.6) is 5.75 Å². The molecule has 2 aliphatic heterocycles. The van der Waals surface area contributed by atoms with E-state index in [9.17, 15) is 24.0 Å². The van der Waals surface area contributed by atoms with Crippen molar-refractivity contribution in [2.75, 3.05) is 27.2 Å². The molecule has 0 bridgehead atoms. The Balaban J connectivity index is 1.25. The molecule has 0 aliphatic carbocycles. The van der Waals surface area contributed by atoms with Gasteiger partial charge in [0.05, 0.1) is 23.7 Å². The van der Waals surface area contributed by atoms with E-state index in [4.69, 9.17) is 35.3 Å². The molecule has 352 valence electrons. The Morgan fingerprint density at radius 3 is 2.42 bits per heavy atom. The molecule has 1 aromatic heterocycles. The molecule has 5 rings (SSSR count). The number of methoxy groups -OCH3 is 1. The summed E-state index contributed by atoms with van der Waals surface area (Å²) in [5.41, 5.74) is 1.13. The lowest BCUT2D eigenvalue weighted by Gasteiger charge is -2.29. The molecule has 2 aliphatic rings. The fourth-order valence-electron chi connectivity index (χ4n) is 7.09. The SMILES string of the molecule is COc1ccc(C[C@H]2NC(=O)C=CC[C@@H]([C@H](C)[C@@H]3O[C@H]3c3ccc(COC(=O)N(C)CC(C)(C)SSc4ccccn4)cc3)OC(=O)[C@H](CC(C)C)OC(=O)C(C)(C)CNC2=O)cc1Cl. The Labute approximate surface area is 395 Å². The van der Waals surface area contributed by atoms with Crippen LogP contribution in [0, 0.1) is 17.3 Å². The van der Waals surface area contributed by atoms with Crippen molar-refractivity contribution in [2.45, 2.75) is 115 Å². The Morgan fingerprint density at radius 1 is 1.03 bits per heavy atom. The second-order valence-electron chi connectivity index (χ2n) is 18.1. The van der Waals surface area contributed by atoms with Crippen molar-refractivity contribution in [1.82, 2.24) is 20.5 Å². The molecule has 2 N–H and O–H groups in total. The molecule has 14 nitrogen and oxygen atoms in total. The fourth-order valence-corrected chi connectivity index (χ4v) is 9.56. The van der Waals surface area contributed by atoms with Crippen molar-refractivity contribution in [3.8, 4) is 5.75 Å². The van der Waals surface area contributed by atoms with Crippen molar-refractivity contribution < 1.29 is 47.7 Å². The van der Waals surface area contributed by atoms with Gasteiger partial charge in [0.2, 0.25) is 11.8 Å². The van der Waals surface area contributed by atoms with Gasteiger partial charge in [-0.15, -0.1) is 0 Å². The number of nitrogens with one attached hydrogen (secondary N) is 2. The highest BCUT2D eigenvalue weighted by Crippen LogP contribution is 2.45. The maximum atomic E-state index is 13.9. The van der Waals surface area contributed by atoms with Crippen LogP contribution in [0.1, 0.15) is 84.1 Å². The van der Waals surface area contributed by atoms with Crippen LogP contribution in [0.3, 0.4) is 0 Å². The summed E-state index contributed by atoms with van der Waals surface area (Å²) in [7, 11) is 6.42. The molecule has 0 saturated carbocycles. The van der Waals surface area contributed by atoms with Gasteiger partial charge in [-0.3, -0.25) is 14.4 Å². The van der Waals surface area contributed by atoms with Crippen molar-refractivity contribution in [3.63, 3.8) is 0 Å². The summed E-state index contributed by atoms with van der Waals surface area (Å²) in [6.07, 6.45) is 2.03. The lowest BCUT2D eigenvalue weighted by atomic mass is 9.92. The third-order valence-electron chi connectivity index (χ3n) is 10.9. The van der Waals surface area contributed by atoms with Crippen LogP contribution in [0.2, 0.25) is 5.02 Å². The zero-order valence-corrected chi connectivity index (χ0v) is 40.8. The normalized spacial score (nSPS) is 22.2. The quantitative estimate of drug-likeness (QED) is 0.0645. The van der Waals surface area contributed by atoms with Gasteiger partial charge in [-0.2, -0.15) is 0 Å². The van der Waals surface area contributed by atoms with Crippen molar-refractivity contribution in [2.24, 2.45) is 17.3 Å². The van der Waals surface area contributed by atoms with E-state index in [1.165, 1.54) is 13.2 Å². The average Bonchev–Trinajstić information content (AvgIpc) is 4.07. The number of carbonyl (C=O) groups excluding carboxylic acids is 5. The van der Waals surface area contributed by atoms with Gasteiger partial charge in [0, 0.05) is 49.8 Å². The van der Waals surface area contributed by atoms with Crippen LogP contribution < -0.4 is 15.4 Å². The van der Waals surface area contributed by atoms with E-state index in [2.05, 4.69) is 29.5 Å². The number of halogens is 1. The second-order valence-corrected chi connectivity index (χ2v) is 21.4. The standard InChI is InChI=1S/C48H61ClN4O10S2/c1-29(2)23-38-44(56)61-36(13-12-14-39(54)52-35(25-32-18-21-37(59-9)34(49)24-32)43(55)51-27-47(4,5)45(57)62-38)30(3)41-42(63-41)33-19-16-31(17-20-33)26-60-46(58)53(8)28-48(6,7)65-64-40-15-10-11-22-50-40/h10-12,14-22,24,29-30,35-36,38,41-42H,13,23,25-28H2,1-9H3,(H,51,55)(H,52,54)/t30-,35+,36-,38-,41-,42-/m0/s1. The molecule has 65 heavy (non-hydrogen) atoms. The number of pyridine rings is 1. The fraction of sp³-hybridized carbons (Fsp3) is 0.500. The first-order valence-corrected chi connectivity index (χ1v) is 24.2. The molecule has 1 saturated heterocycles. The van der Waals surface area contributed by atoms with Gasteiger partial charge in [0.15, 0.2) is 6.10 Å². The van der Waals surface area contributed by atoms with Crippen LogP contribution in [0.15, 0.2) is 84.0 Å². The van der Waals surface area contributed by atoms with E-state index in [1.807, 2.05) is 63.2 Å². The van der Waals surface area contributed by atoms with E-state index in [0.29, 0.717) is 22.9 Å². The third-order valence-corrected chi connectivity index (χ3v) is 14.4. The van der Waals surface area contributed by atoms with Gasteiger partial charge in [0.1, 0.15) is 35.6 Å².